The first-order valence-electron chi connectivity index (χ1n) is 6.24. The normalized spacial score (nSPS) is 29.6. The number of nitrogens with two attached hydrogens (primary N) is 1. The first kappa shape index (κ1) is 15.1. The van der Waals surface area contributed by atoms with Gasteiger partial charge in [0.25, 0.3) is 0 Å². The maximum Gasteiger partial charge on any atom is 0.242 e. The highest BCUT2D eigenvalue weighted by molar-refractivity contribution is 7.99. The van der Waals surface area contributed by atoms with Crippen molar-refractivity contribution in [2.45, 2.75) is 55.9 Å². The number of thioether (sulfide) groups is 1. The maximum absolute atomic E-state index is 12.1. The molecule has 0 aromatic heterocycles. The number of likely N-dealkylation sites (N-methyl/N-ethyl adjacent to an activating group) is 1. The molecule has 0 radical (unpaired) electrons. The van der Waals surface area contributed by atoms with Crippen LogP contribution in [-0.2, 0) is 4.79 Å². The van der Waals surface area contributed by atoms with Crippen LogP contribution in [0.4, 0.5) is 0 Å². The average molecular weight is 279 g/mol. The molecule has 100 valence electrons. The summed E-state index contributed by atoms with van der Waals surface area (Å²) >= 11 is 2.03. The van der Waals surface area contributed by atoms with Crippen LogP contribution < -0.4 is 5.73 Å². The van der Waals surface area contributed by atoms with E-state index < -0.39 is 5.54 Å². The Morgan fingerprint density at radius 1 is 1.47 bits per heavy atom. The van der Waals surface area contributed by atoms with Crippen LogP contribution in [0.1, 0.15) is 39.0 Å². The fourth-order valence-corrected chi connectivity index (χ4v) is 3.65. The molecule has 3 nitrogen and oxygen atoms in total. The van der Waals surface area contributed by atoms with Gasteiger partial charge in [-0.1, -0.05) is 6.92 Å². The minimum absolute atomic E-state index is 0. The van der Waals surface area contributed by atoms with Gasteiger partial charge in [-0.25, -0.2) is 0 Å². The Morgan fingerprint density at radius 2 is 2.12 bits per heavy atom. The van der Waals surface area contributed by atoms with Crippen molar-refractivity contribution in [2.75, 3.05) is 12.8 Å². The third kappa shape index (κ3) is 3.30. The number of carbonyl (C=O) groups excluding carboxylic acids is 1. The molecule has 17 heavy (non-hydrogen) atoms. The Labute approximate surface area is 114 Å². The van der Waals surface area contributed by atoms with Gasteiger partial charge >= 0.3 is 0 Å². The summed E-state index contributed by atoms with van der Waals surface area (Å²) in [6.45, 7) is 2.20. The summed E-state index contributed by atoms with van der Waals surface area (Å²) in [5, 5.41) is 0.748. The largest absolute Gasteiger partial charge is 0.341 e. The van der Waals surface area contributed by atoms with Crippen molar-refractivity contribution < 1.29 is 4.79 Å². The van der Waals surface area contributed by atoms with Crippen molar-refractivity contribution in [2.24, 2.45) is 5.73 Å². The summed E-state index contributed by atoms with van der Waals surface area (Å²) in [6.07, 6.45) is 5.29. The highest BCUT2D eigenvalue weighted by Crippen LogP contribution is 2.37. The fourth-order valence-electron chi connectivity index (χ4n) is 2.52. The molecule has 0 aromatic carbocycles. The molecule has 0 bridgehead atoms. The van der Waals surface area contributed by atoms with Crippen molar-refractivity contribution in [1.82, 2.24) is 4.90 Å². The van der Waals surface area contributed by atoms with E-state index in [0.717, 1.165) is 30.9 Å². The lowest BCUT2D eigenvalue weighted by Gasteiger charge is -2.27. The minimum atomic E-state index is -0.495. The fraction of sp³-hybridized carbons (Fsp3) is 0.917. The van der Waals surface area contributed by atoms with Crippen molar-refractivity contribution in [1.29, 1.82) is 0 Å². The molecule has 2 aliphatic carbocycles. The van der Waals surface area contributed by atoms with E-state index in [2.05, 4.69) is 6.92 Å². The van der Waals surface area contributed by atoms with Crippen LogP contribution in [0.3, 0.4) is 0 Å². The highest BCUT2D eigenvalue weighted by Gasteiger charge is 2.49. The van der Waals surface area contributed by atoms with Gasteiger partial charge in [0.1, 0.15) is 0 Å². The van der Waals surface area contributed by atoms with Gasteiger partial charge in [-0.05, 0) is 37.9 Å². The van der Waals surface area contributed by atoms with Crippen LogP contribution in [0.5, 0.6) is 0 Å². The van der Waals surface area contributed by atoms with E-state index in [4.69, 9.17) is 5.73 Å². The van der Waals surface area contributed by atoms with Gasteiger partial charge in [0, 0.05) is 18.3 Å². The minimum Gasteiger partial charge on any atom is -0.341 e. The van der Waals surface area contributed by atoms with E-state index >= 15 is 0 Å². The van der Waals surface area contributed by atoms with Crippen LogP contribution in [-0.4, -0.2) is 40.4 Å². The number of hydrogen-bond donors (Lipinski definition) is 1. The lowest BCUT2D eigenvalue weighted by atomic mass is 10.1. The van der Waals surface area contributed by atoms with Gasteiger partial charge in [-0.15, -0.1) is 12.4 Å². The number of hydrogen-bond acceptors (Lipinski definition) is 3. The number of amides is 1. The summed E-state index contributed by atoms with van der Waals surface area (Å²) in [7, 11) is 1.93. The number of carbonyl (C=O) groups is 1. The first-order chi connectivity index (χ1) is 7.57. The molecule has 1 amide bonds. The Balaban J connectivity index is 0.00000144. The van der Waals surface area contributed by atoms with Gasteiger partial charge in [-0.3, -0.25) is 4.79 Å². The monoisotopic (exact) mass is 278 g/mol. The van der Waals surface area contributed by atoms with Crippen molar-refractivity contribution in [3.05, 3.63) is 0 Å². The van der Waals surface area contributed by atoms with Crippen molar-refractivity contribution in [3.63, 3.8) is 0 Å². The summed E-state index contributed by atoms with van der Waals surface area (Å²) in [5.41, 5.74) is 5.46. The SMILES string of the molecule is CCSC1CCC(N(C)C(=O)C2(N)CC2)C1.Cl. The Hall–Kier alpha value is 0.0700. The predicted octanol–water partition coefficient (Wildman–Crippen LogP) is 2.03. The van der Waals surface area contributed by atoms with Crippen LogP contribution in [0, 0.1) is 0 Å². The Bertz CT molecular complexity index is 284. The molecule has 0 saturated heterocycles. The van der Waals surface area contributed by atoms with Crippen molar-refractivity contribution in [3.8, 4) is 0 Å². The second-order valence-corrected chi connectivity index (χ2v) is 6.69. The predicted molar refractivity (Wildman–Crippen MR) is 75.7 cm³/mol. The first-order valence-corrected chi connectivity index (χ1v) is 7.29. The lowest BCUT2D eigenvalue weighted by molar-refractivity contribution is -0.134. The van der Waals surface area contributed by atoms with Crippen LogP contribution in [0.25, 0.3) is 0 Å². The third-order valence-corrected chi connectivity index (χ3v) is 5.07. The van der Waals surface area contributed by atoms with Gasteiger partial charge in [0.05, 0.1) is 5.54 Å². The van der Waals surface area contributed by atoms with Gasteiger partial charge in [-0.2, -0.15) is 11.8 Å². The summed E-state index contributed by atoms with van der Waals surface area (Å²) in [6, 6.07) is 0.428. The van der Waals surface area contributed by atoms with Crippen LogP contribution in [0.15, 0.2) is 0 Å². The molecule has 0 heterocycles. The zero-order chi connectivity index (χ0) is 11.8. The summed E-state index contributed by atoms with van der Waals surface area (Å²) in [4.78, 5) is 14.0. The zero-order valence-electron chi connectivity index (χ0n) is 10.6. The van der Waals surface area contributed by atoms with Gasteiger partial charge in [0.15, 0.2) is 0 Å². The van der Waals surface area contributed by atoms with E-state index in [1.807, 2.05) is 23.7 Å². The smallest absolute Gasteiger partial charge is 0.242 e. The molecule has 2 fully saturated rings. The zero-order valence-corrected chi connectivity index (χ0v) is 12.3. The van der Waals surface area contributed by atoms with E-state index in [1.54, 1.807) is 0 Å². The molecule has 2 atom stereocenters. The standard InChI is InChI=1S/C12H22N2OS.ClH/c1-3-16-10-5-4-9(8-10)14(2)11(15)12(13)6-7-12;/h9-10H,3-8,13H2,1-2H3;1H. The molecule has 2 unspecified atom stereocenters. The summed E-state index contributed by atoms with van der Waals surface area (Å²) in [5.74, 6) is 1.34. The van der Waals surface area contributed by atoms with Gasteiger partial charge in [0.2, 0.25) is 5.91 Å². The van der Waals surface area contributed by atoms with E-state index in [1.165, 1.54) is 12.2 Å². The Morgan fingerprint density at radius 3 is 2.65 bits per heavy atom. The third-order valence-electron chi connectivity index (χ3n) is 3.84. The van der Waals surface area contributed by atoms with Crippen LogP contribution in [0.2, 0.25) is 0 Å². The lowest BCUT2D eigenvalue weighted by Crippen LogP contribution is -2.47. The maximum atomic E-state index is 12.1. The summed E-state index contributed by atoms with van der Waals surface area (Å²) < 4.78 is 0. The Kier molecular flexibility index (Phi) is 5.17. The molecule has 5 heteroatoms. The van der Waals surface area contributed by atoms with E-state index in [-0.39, 0.29) is 18.3 Å². The van der Waals surface area contributed by atoms with Crippen LogP contribution >= 0.6 is 24.2 Å². The van der Waals surface area contributed by atoms with Gasteiger partial charge < -0.3 is 10.6 Å². The topological polar surface area (TPSA) is 46.3 Å². The second kappa shape index (κ2) is 5.81. The molecule has 2 saturated carbocycles. The molecule has 2 N–H and O–H groups in total. The molecule has 0 aromatic rings. The molecular formula is C12H23ClN2OS. The molecule has 2 aliphatic rings. The van der Waals surface area contributed by atoms with E-state index in [0.29, 0.717) is 6.04 Å². The number of nitrogens with zero attached hydrogens (tertiary/aromatic N) is 1. The van der Waals surface area contributed by atoms with Crippen molar-refractivity contribution >= 4 is 30.1 Å². The second-order valence-electron chi connectivity index (χ2n) is 5.12. The highest BCUT2D eigenvalue weighted by atomic mass is 35.5. The van der Waals surface area contributed by atoms with E-state index in [9.17, 15) is 4.79 Å². The molecule has 0 spiro atoms. The number of rotatable bonds is 4. The quantitative estimate of drug-likeness (QED) is 0.856. The molecule has 0 aliphatic heterocycles. The molecule has 2 rings (SSSR count). The average Bonchev–Trinajstić information content (AvgIpc) is 2.85. The number of halogens is 1. The molecular weight excluding hydrogens is 256 g/mol.